The first kappa shape index (κ1) is 13.9. The number of rotatable bonds is 4. The minimum atomic E-state index is -0.528. The third-order valence-corrected chi connectivity index (χ3v) is 5.11. The molecule has 0 atom stereocenters. The zero-order chi connectivity index (χ0) is 9.72. The molecule has 0 aliphatic carbocycles. The van der Waals surface area contributed by atoms with Gasteiger partial charge in [-0.3, -0.25) is 0 Å². The van der Waals surface area contributed by atoms with Gasteiger partial charge in [0.25, 0.3) is 0 Å². The molecule has 0 aliphatic heterocycles. The lowest BCUT2D eigenvalue weighted by atomic mass is 11.2. The van der Waals surface area contributed by atoms with Crippen molar-refractivity contribution < 1.29 is 0 Å². The van der Waals surface area contributed by atoms with E-state index in [9.17, 15) is 0 Å². The third-order valence-electron chi connectivity index (χ3n) is 0.664. The summed E-state index contributed by atoms with van der Waals surface area (Å²) in [4.78, 5) is 0. The van der Waals surface area contributed by atoms with Gasteiger partial charge in [0.15, 0.2) is 0 Å². The maximum atomic E-state index is 5.75. The molecule has 0 aromatic carbocycles. The number of hydrogen-bond donors (Lipinski definition) is 0. The topological polar surface area (TPSA) is 0 Å². The van der Waals surface area contributed by atoms with E-state index in [-0.39, 0.29) is 19.0 Å². The quantitative estimate of drug-likeness (QED) is 0.549. The Kier molecular flexibility index (Phi) is 8.39. The first-order valence-electron chi connectivity index (χ1n) is 2.58. The maximum Gasteiger partial charge on any atom is 0.141 e. The van der Waals surface area contributed by atoms with E-state index in [0.29, 0.717) is 9.31 Å². The molecule has 68 valence electrons. The van der Waals surface area contributed by atoms with Gasteiger partial charge in [-0.2, -0.15) is 0 Å². The molecule has 0 heterocycles. The molecule has 12 heavy (non-hydrogen) atoms. The van der Waals surface area contributed by atoms with Gasteiger partial charge in [-0.15, -0.1) is 46.4 Å². The SMILES string of the molecule is Cl/C([Si]C(Cl)Cl)=C(/Cl)[Si]C(Cl)Cl. The number of halogens is 6. The van der Waals surface area contributed by atoms with Crippen molar-refractivity contribution in [2.45, 2.75) is 8.92 Å². The molecule has 0 bridgehead atoms. The molecule has 0 spiro atoms. The molecule has 0 nitrogen and oxygen atoms in total. The van der Waals surface area contributed by atoms with Crippen LogP contribution in [0.2, 0.25) is 0 Å². The van der Waals surface area contributed by atoms with Crippen LogP contribution in [0, 0.1) is 0 Å². The highest BCUT2D eigenvalue weighted by Gasteiger charge is 2.12. The van der Waals surface area contributed by atoms with Crippen LogP contribution in [0.25, 0.3) is 0 Å². The van der Waals surface area contributed by atoms with Crippen LogP contribution in [0.5, 0.6) is 0 Å². The predicted octanol–water partition coefficient (Wildman–Crippen LogP) is 3.52. The van der Waals surface area contributed by atoms with Crippen LogP contribution in [0.15, 0.2) is 9.31 Å². The second kappa shape index (κ2) is 7.24. The second-order valence-corrected chi connectivity index (χ2v) is 9.30. The Bertz CT molecular complexity index is 149. The van der Waals surface area contributed by atoms with Crippen LogP contribution in [-0.4, -0.2) is 28.0 Å². The van der Waals surface area contributed by atoms with Crippen LogP contribution >= 0.6 is 69.6 Å². The van der Waals surface area contributed by atoms with Gasteiger partial charge in [-0.1, -0.05) is 23.2 Å². The van der Waals surface area contributed by atoms with Gasteiger partial charge in [-0.05, 0) is 0 Å². The highest BCUT2D eigenvalue weighted by Crippen LogP contribution is 2.18. The van der Waals surface area contributed by atoms with Crippen molar-refractivity contribution in [3.63, 3.8) is 0 Å². The van der Waals surface area contributed by atoms with Gasteiger partial charge in [0.05, 0.1) is 8.92 Å². The van der Waals surface area contributed by atoms with Crippen LogP contribution in [-0.2, 0) is 0 Å². The lowest BCUT2D eigenvalue weighted by Crippen LogP contribution is -2.09. The third kappa shape index (κ3) is 7.33. The van der Waals surface area contributed by atoms with Gasteiger partial charge in [-0.25, -0.2) is 0 Å². The van der Waals surface area contributed by atoms with Crippen LogP contribution in [0.1, 0.15) is 0 Å². The highest BCUT2D eigenvalue weighted by molar-refractivity contribution is 6.85. The summed E-state index contributed by atoms with van der Waals surface area (Å²) >= 11 is 33.5. The van der Waals surface area contributed by atoms with Crippen molar-refractivity contribution in [2.75, 3.05) is 0 Å². The fraction of sp³-hybridized carbons (Fsp3) is 0.500. The van der Waals surface area contributed by atoms with Crippen LogP contribution in [0.4, 0.5) is 0 Å². The Balaban J connectivity index is 4.06. The van der Waals surface area contributed by atoms with Gasteiger partial charge >= 0.3 is 0 Å². The average molecular weight is 319 g/mol. The normalized spacial score (nSPS) is 14.0. The van der Waals surface area contributed by atoms with E-state index >= 15 is 0 Å². The number of alkyl halides is 4. The molecular weight excluding hydrogens is 317 g/mol. The second-order valence-electron chi connectivity index (χ2n) is 1.52. The van der Waals surface area contributed by atoms with Crippen molar-refractivity contribution in [3.05, 3.63) is 9.31 Å². The molecule has 0 aliphatic rings. The number of hydrogen-bond acceptors (Lipinski definition) is 0. The van der Waals surface area contributed by atoms with Crippen LogP contribution in [0.3, 0.4) is 0 Å². The first-order valence-corrected chi connectivity index (χ1v) is 7.23. The lowest BCUT2D eigenvalue weighted by molar-refractivity contribution is 1.84. The van der Waals surface area contributed by atoms with E-state index in [1.807, 2.05) is 0 Å². The minimum absolute atomic E-state index is 0.0759. The summed E-state index contributed by atoms with van der Waals surface area (Å²) in [5.41, 5.74) is 0. The standard InChI is InChI=1S/C4H2Cl6Si2/c5-1(11-3(7)8)2(6)12-4(9)10/h3-4H/b2-1+. The largest absolute Gasteiger partial charge is 0.141 e. The fourth-order valence-corrected chi connectivity index (χ4v) is 4.35. The molecular formula is C4H2Cl6Si2. The summed E-state index contributed by atoms with van der Waals surface area (Å²) in [5, 5.41) is 0. The molecule has 0 unspecified atom stereocenters. The van der Waals surface area contributed by atoms with Crippen LogP contribution < -0.4 is 0 Å². The van der Waals surface area contributed by atoms with Crippen molar-refractivity contribution in [1.82, 2.24) is 0 Å². The smallest absolute Gasteiger partial charge is 0.109 e. The monoisotopic (exact) mass is 316 g/mol. The van der Waals surface area contributed by atoms with Gasteiger partial charge in [0, 0.05) is 9.31 Å². The summed E-state index contributed by atoms with van der Waals surface area (Å²) in [6.07, 6.45) is 0. The zero-order valence-electron chi connectivity index (χ0n) is 5.42. The van der Waals surface area contributed by atoms with Crippen molar-refractivity contribution >= 4 is 88.6 Å². The highest BCUT2D eigenvalue weighted by atomic mass is 35.5. The van der Waals surface area contributed by atoms with E-state index < -0.39 is 8.92 Å². The Labute approximate surface area is 106 Å². The molecule has 0 aromatic heterocycles. The molecule has 8 heteroatoms. The summed E-state index contributed by atoms with van der Waals surface area (Å²) in [6.45, 7) is 0. The first-order chi connectivity index (χ1) is 5.43. The van der Waals surface area contributed by atoms with E-state index in [4.69, 9.17) is 69.6 Å². The van der Waals surface area contributed by atoms with Crippen molar-refractivity contribution in [2.24, 2.45) is 0 Å². The maximum absolute atomic E-state index is 5.75. The predicted molar refractivity (Wildman–Crippen MR) is 61.2 cm³/mol. The molecule has 0 rings (SSSR count). The summed E-state index contributed by atoms with van der Waals surface area (Å²) in [5.74, 6) is 0. The summed E-state index contributed by atoms with van der Waals surface area (Å²) in [6, 6.07) is 0. The molecule has 0 amide bonds. The summed E-state index contributed by atoms with van der Waals surface area (Å²) < 4.78 is -0.173. The van der Waals surface area contributed by atoms with Crippen molar-refractivity contribution in [1.29, 1.82) is 0 Å². The van der Waals surface area contributed by atoms with E-state index in [0.717, 1.165) is 0 Å². The van der Waals surface area contributed by atoms with E-state index in [1.54, 1.807) is 0 Å². The molecule has 0 saturated carbocycles. The molecule has 4 radical (unpaired) electrons. The van der Waals surface area contributed by atoms with Gasteiger partial charge in [0.1, 0.15) is 19.0 Å². The van der Waals surface area contributed by atoms with Gasteiger partial charge < -0.3 is 0 Å². The minimum Gasteiger partial charge on any atom is -0.109 e. The Morgan fingerprint density at radius 3 is 1.17 bits per heavy atom. The lowest BCUT2D eigenvalue weighted by Gasteiger charge is -2.02. The molecule has 0 N–H and O–H groups in total. The molecule has 0 saturated heterocycles. The zero-order valence-corrected chi connectivity index (χ0v) is 12.0. The van der Waals surface area contributed by atoms with Crippen molar-refractivity contribution in [3.8, 4) is 0 Å². The van der Waals surface area contributed by atoms with Gasteiger partial charge in [0.2, 0.25) is 0 Å². The van der Waals surface area contributed by atoms with E-state index in [2.05, 4.69) is 0 Å². The molecule has 0 fully saturated rings. The molecule has 0 aromatic rings. The van der Waals surface area contributed by atoms with E-state index in [1.165, 1.54) is 0 Å². The fourth-order valence-electron chi connectivity index (χ4n) is 0.318. The Hall–Kier alpha value is 1.91. The summed E-state index contributed by atoms with van der Waals surface area (Å²) in [7, 11) is 0.152. The Morgan fingerprint density at radius 2 is 1.00 bits per heavy atom. The Morgan fingerprint density at radius 1 is 0.750 bits per heavy atom. The average Bonchev–Trinajstić information content (AvgIpc) is 1.84.